The van der Waals surface area contributed by atoms with E-state index in [-0.39, 0.29) is 11.8 Å². The standard InChI is InChI=1S/C21H32N4O/c1-4-5-13-25-19-11-7-6-10-18(19)23-21(25)24-12-8-9-17(15-24)20(26)22-14-16(2)3/h6-7,10-11,16-17H,4-5,8-9,12-15H2,1-3H3,(H,22,26)/t17-/m1/s1. The Hall–Kier alpha value is -2.04. The number of nitrogens with zero attached hydrogens (tertiary/aromatic N) is 3. The number of amides is 1. The first-order valence-corrected chi connectivity index (χ1v) is 10.1. The van der Waals surface area contributed by atoms with Gasteiger partial charge < -0.3 is 14.8 Å². The maximum absolute atomic E-state index is 12.5. The van der Waals surface area contributed by atoms with Gasteiger partial charge in [0, 0.05) is 26.2 Å². The number of hydrogen-bond acceptors (Lipinski definition) is 3. The second-order valence-corrected chi connectivity index (χ2v) is 7.83. The predicted molar refractivity (Wildman–Crippen MR) is 107 cm³/mol. The molecule has 0 saturated carbocycles. The molecule has 0 bridgehead atoms. The van der Waals surface area contributed by atoms with E-state index in [1.807, 2.05) is 6.07 Å². The van der Waals surface area contributed by atoms with Crippen molar-refractivity contribution in [3.8, 4) is 0 Å². The number of unbranched alkanes of at least 4 members (excludes halogenated alkanes) is 1. The molecule has 1 fully saturated rings. The van der Waals surface area contributed by atoms with Crippen LogP contribution in [0.25, 0.3) is 11.0 Å². The van der Waals surface area contributed by atoms with Crippen molar-refractivity contribution in [1.29, 1.82) is 0 Å². The van der Waals surface area contributed by atoms with E-state index in [1.165, 1.54) is 5.52 Å². The van der Waals surface area contributed by atoms with Crippen LogP contribution in [0.15, 0.2) is 24.3 Å². The molecule has 5 nitrogen and oxygen atoms in total. The van der Waals surface area contributed by atoms with Crippen LogP contribution in [0.5, 0.6) is 0 Å². The fourth-order valence-corrected chi connectivity index (χ4v) is 3.66. The molecule has 26 heavy (non-hydrogen) atoms. The minimum absolute atomic E-state index is 0.0573. The molecule has 1 aromatic carbocycles. The summed E-state index contributed by atoms with van der Waals surface area (Å²) >= 11 is 0. The van der Waals surface area contributed by atoms with Crippen LogP contribution in [-0.4, -0.2) is 35.1 Å². The molecule has 1 amide bonds. The van der Waals surface area contributed by atoms with Crippen LogP contribution in [0.2, 0.25) is 0 Å². The van der Waals surface area contributed by atoms with Gasteiger partial charge in [-0.25, -0.2) is 4.98 Å². The van der Waals surface area contributed by atoms with Crippen LogP contribution in [0, 0.1) is 11.8 Å². The van der Waals surface area contributed by atoms with Gasteiger partial charge >= 0.3 is 0 Å². The summed E-state index contributed by atoms with van der Waals surface area (Å²) in [6, 6.07) is 8.35. The average Bonchev–Trinajstić information content (AvgIpc) is 3.03. The number of piperidine rings is 1. The van der Waals surface area contributed by atoms with E-state index in [4.69, 9.17) is 4.98 Å². The fraction of sp³-hybridized carbons (Fsp3) is 0.619. The van der Waals surface area contributed by atoms with Gasteiger partial charge in [-0.1, -0.05) is 39.3 Å². The molecule has 0 radical (unpaired) electrons. The zero-order valence-corrected chi connectivity index (χ0v) is 16.4. The number of aromatic nitrogens is 2. The number of carbonyl (C=O) groups is 1. The smallest absolute Gasteiger partial charge is 0.224 e. The van der Waals surface area contributed by atoms with Crippen molar-refractivity contribution in [1.82, 2.24) is 14.9 Å². The number of rotatable bonds is 7. The lowest BCUT2D eigenvalue weighted by molar-refractivity contribution is -0.125. The highest BCUT2D eigenvalue weighted by Gasteiger charge is 2.28. The lowest BCUT2D eigenvalue weighted by atomic mass is 9.97. The summed E-state index contributed by atoms with van der Waals surface area (Å²) in [4.78, 5) is 19.8. The highest BCUT2D eigenvalue weighted by Crippen LogP contribution is 2.27. The molecule has 1 aliphatic rings. The van der Waals surface area contributed by atoms with Crippen LogP contribution in [0.3, 0.4) is 0 Å². The Morgan fingerprint density at radius 2 is 2.15 bits per heavy atom. The number of anilines is 1. The van der Waals surface area contributed by atoms with Crippen LogP contribution in [0.1, 0.15) is 46.5 Å². The van der Waals surface area contributed by atoms with Gasteiger partial charge in [0.2, 0.25) is 11.9 Å². The second-order valence-electron chi connectivity index (χ2n) is 7.83. The Bertz CT molecular complexity index is 737. The summed E-state index contributed by atoms with van der Waals surface area (Å²) in [6.45, 7) is 9.95. The van der Waals surface area contributed by atoms with E-state index in [1.54, 1.807) is 0 Å². The third-order valence-corrected chi connectivity index (χ3v) is 5.13. The molecule has 1 saturated heterocycles. The summed E-state index contributed by atoms with van der Waals surface area (Å²) < 4.78 is 2.34. The van der Waals surface area contributed by atoms with E-state index in [9.17, 15) is 4.79 Å². The van der Waals surface area contributed by atoms with Gasteiger partial charge in [0.25, 0.3) is 0 Å². The Morgan fingerprint density at radius 3 is 2.92 bits per heavy atom. The van der Waals surface area contributed by atoms with Gasteiger partial charge in [-0.05, 0) is 37.3 Å². The zero-order valence-electron chi connectivity index (χ0n) is 16.4. The normalized spacial score (nSPS) is 17.8. The van der Waals surface area contributed by atoms with Gasteiger partial charge in [0.15, 0.2) is 0 Å². The maximum atomic E-state index is 12.5. The second kappa shape index (κ2) is 8.56. The molecule has 142 valence electrons. The van der Waals surface area contributed by atoms with E-state index >= 15 is 0 Å². The van der Waals surface area contributed by atoms with Crippen molar-refractivity contribution in [3.63, 3.8) is 0 Å². The highest BCUT2D eigenvalue weighted by atomic mass is 16.1. The molecule has 3 rings (SSSR count). The Labute approximate surface area is 156 Å². The lowest BCUT2D eigenvalue weighted by Gasteiger charge is -2.33. The van der Waals surface area contributed by atoms with Gasteiger partial charge in [0.05, 0.1) is 17.0 Å². The number of benzene rings is 1. The molecular weight excluding hydrogens is 324 g/mol. The van der Waals surface area contributed by atoms with Crippen molar-refractivity contribution >= 4 is 22.9 Å². The van der Waals surface area contributed by atoms with Gasteiger partial charge in [-0.3, -0.25) is 4.79 Å². The third kappa shape index (κ3) is 4.19. The van der Waals surface area contributed by atoms with Crippen molar-refractivity contribution in [2.45, 2.75) is 53.0 Å². The number of carbonyl (C=O) groups excluding carboxylic acids is 1. The lowest BCUT2D eigenvalue weighted by Crippen LogP contribution is -2.44. The van der Waals surface area contributed by atoms with E-state index in [2.05, 4.69) is 53.8 Å². The Morgan fingerprint density at radius 1 is 1.35 bits per heavy atom. The quantitative estimate of drug-likeness (QED) is 0.820. The van der Waals surface area contributed by atoms with Crippen LogP contribution in [0.4, 0.5) is 5.95 Å². The zero-order chi connectivity index (χ0) is 18.5. The molecule has 1 aliphatic heterocycles. The van der Waals surface area contributed by atoms with Crippen LogP contribution >= 0.6 is 0 Å². The maximum Gasteiger partial charge on any atom is 0.224 e. The van der Waals surface area contributed by atoms with Gasteiger partial charge in [-0.15, -0.1) is 0 Å². The summed E-state index contributed by atoms with van der Waals surface area (Å²) in [6.07, 6.45) is 4.30. The molecule has 1 atom stereocenters. The van der Waals surface area contributed by atoms with Gasteiger partial charge in [-0.2, -0.15) is 0 Å². The molecule has 0 spiro atoms. The molecule has 0 aliphatic carbocycles. The summed E-state index contributed by atoms with van der Waals surface area (Å²) in [7, 11) is 0. The van der Waals surface area contributed by atoms with Crippen molar-refractivity contribution in [2.24, 2.45) is 11.8 Å². The molecule has 1 aromatic heterocycles. The summed E-state index contributed by atoms with van der Waals surface area (Å²) in [5.74, 6) is 1.76. The first kappa shape index (κ1) is 18.7. The number of fused-ring (bicyclic) bond motifs is 1. The molecule has 0 unspecified atom stereocenters. The number of imidazole rings is 1. The molecule has 2 heterocycles. The minimum Gasteiger partial charge on any atom is -0.356 e. The molecular formula is C21H32N4O. The SMILES string of the molecule is CCCCn1c(N2CCC[C@@H](C(=O)NCC(C)C)C2)nc2ccccc21. The van der Waals surface area contributed by atoms with Crippen LogP contribution in [-0.2, 0) is 11.3 Å². The summed E-state index contributed by atoms with van der Waals surface area (Å²) in [5, 5.41) is 3.11. The van der Waals surface area contributed by atoms with Crippen LogP contribution < -0.4 is 10.2 Å². The highest BCUT2D eigenvalue weighted by molar-refractivity contribution is 5.81. The number of aryl methyl sites for hydroxylation is 1. The van der Waals surface area contributed by atoms with Crippen molar-refractivity contribution in [3.05, 3.63) is 24.3 Å². The first-order valence-electron chi connectivity index (χ1n) is 10.1. The minimum atomic E-state index is 0.0573. The topological polar surface area (TPSA) is 50.2 Å². The first-order chi connectivity index (χ1) is 12.6. The Kier molecular flexibility index (Phi) is 6.17. The summed E-state index contributed by atoms with van der Waals surface area (Å²) in [5.41, 5.74) is 2.24. The van der Waals surface area contributed by atoms with Crippen molar-refractivity contribution in [2.75, 3.05) is 24.5 Å². The fourth-order valence-electron chi connectivity index (χ4n) is 3.66. The average molecular weight is 357 g/mol. The largest absolute Gasteiger partial charge is 0.356 e. The third-order valence-electron chi connectivity index (χ3n) is 5.13. The molecule has 5 heteroatoms. The predicted octanol–water partition coefficient (Wildman–Crippen LogP) is 3.83. The monoisotopic (exact) mass is 356 g/mol. The van der Waals surface area contributed by atoms with E-state index in [0.29, 0.717) is 5.92 Å². The van der Waals surface area contributed by atoms with E-state index in [0.717, 1.165) is 63.3 Å². The molecule has 2 aromatic rings. The number of nitrogens with one attached hydrogen (secondary N) is 1. The number of hydrogen-bond donors (Lipinski definition) is 1. The van der Waals surface area contributed by atoms with Gasteiger partial charge in [0.1, 0.15) is 0 Å². The van der Waals surface area contributed by atoms with E-state index < -0.39 is 0 Å². The molecule has 1 N–H and O–H groups in total. The number of para-hydroxylation sites is 2. The Balaban J connectivity index is 1.80. The van der Waals surface area contributed by atoms with Crippen molar-refractivity contribution < 1.29 is 4.79 Å².